The van der Waals surface area contributed by atoms with Crippen molar-refractivity contribution >= 4 is 10.0 Å². The van der Waals surface area contributed by atoms with Crippen LogP contribution in [0.4, 0.5) is 0 Å². The Hall–Kier alpha value is -0.210. The van der Waals surface area contributed by atoms with E-state index in [0.717, 1.165) is 25.8 Å². The Balaban J connectivity index is 1.99. The second-order valence-electron chi connectivity index (χ2n) is 4.95. The zero-order chi connectivity index (χ0) is 13.0. The number of ether oxygens (including phenoxy) is 1. The van der Waals surface area contributed by atoms with Gasteiger partial charge in [-0.1, -0.05) is 6.42 Å². The Morgan fingerprint density at radius 2 is 2.22 bits per heavy atom. The smallest absolute Gasteiger partial charge is 0.216 e. The zero-order valence-electron chi connectivity index (χ0n) is 10.5. The lowest BCUT2D eigenvalue weighted by molar-refractivity contribution is 0.0108. The third-order valence-electron chi connectivity index (χ3n) is 3.57. The Bertz CT molecular complexity index is 354. The first-order chi connectivity index (χ1) is 8.63. The summed E-state index contributed by atoms with van der Waals surface area (Å²) in [5.41, 5.74) is 0. The van der Waals surface area contributed by atoms with E-state index in [-0.39, 0.29) is 25.0 Å². The molecule has 18 heavy (non-hydrogen) atoms. The number of rotatable bonds is 4. The highest BCUT2D eigenvalue weighted by Gasteiger charge is 2.34. The van der Waals surface area contributed by atoms with Gasteiger partial charge < -0.3 is 15.2 Å². The van der Waals surface area contributed by atoms with E-state index in [1.54, 1.807) is 0 Å². The minimum Gasteiger partial charge on any atom is -0.395 e. The minimum absolute atomic E-state index is 0.0472. The molecule has 2 heterocycles. The highest BCUT2D eigenvalue weighted by Crippen LogP contribution is 2.16. The van der Waals surface area contributed by atoms with E-state index >= 15 is 0 Å². The molecule has 2 unspecified atom stereocenters. The molecule has 0 aromatic rings. The molecule has 6 nitrogen and oxygen atoms in total. The lowest BCUT2D eigenvalue weighted by Crippen LogP contribution is -2.53. The fourth-order valence-corrected chi connectivity index (χ4v) is 4.48. The summed E-state index contributed by atoms with van der Waals surface area (Å²) < 4.78 is 31.3. The number of aliphatic hydroxyl groups excluding tert-OH is 1. The molecule has 0 amide bonds. The highest BCUT2D eigenvalue weighted by molar-refractivity contribution is 7.89. The van der Waals surface area contributed by atoms with Gasteiger partial charge in [0.2, 0.25) is 10.0 Å². The molecule has 7 heteroatoms. The molecule has 0 spiro atoms. The van der Waals surface area contributed by atoms with Crippen LogP contribution in [0.25, 0.3) is 0 Å². The summed E-state index contributed by atoms with van der Waals surface area (Å²) in [6, 6.07) is -0.377. The molecule has 0 saturated carbocycles. The van der Waals surface area contributed by atoms with Crippen LogP contribution < -0.4 is 5.32 Å². The van der Waals surface area contributed by atoms with Gasteiger partial charge >= 0.3 is 0 Å². The molecule has 0 radical (unpaired) electrons. The van der Waals surface area contributed by atoms with Crippen LogP contribution in [0.15, 0.2) is 0 Å². The Labute approximate surface area is 108 Å². The molecule has 2 aliphatic rings. The van der Waals surface area contributed by atoms with Crippen molar-refractivity contribution in [2.45, 2.75) is 31.3 Å². The number of nitrogens with zero attached hydrogens (tertiary/aromatic N) is 1. The van der Waals surface area contributed by atoms with Crippen molar-refractivity contribution in [1.82, 2.24) is 9.62 Å². The predicted octanol–water partition coefficient (Wildman–Crippen LogP) is -0.849. The molecule has 2 N–H and O–H groups in total. The molecule has 0 aromatic carbocycles. The number of sulfonamides is 1. The van der Waals surface area contributed by atoms with Crippen LogP contribution in [-0.2, 0) is 14.8 Å². The van der Waals surface area contributed by atoms with Crippen molar-refractivity contribution in [2.24, 2.45) is 0 Å². The van der Waals surface area contributed by atoms with Crippen molar-refractivity contribution in [3.63, 3.8) is 0 Å². The van der Waals surface area contributed by atoms with E-state index in [0.29, 0.717) is 13.2 Å². The van der Waals surface area contributed by atoms with Crippen LogP contribution >= 0.6 is 0 Å². The van der Waals surface area contributed by atoms with Crippen molar-refractivity contribution in [3.05, 3.63) is 0 Å². The van der Waals surface area contributed by atoms with E-state index in [2.05, 4.69) is 5.32 Å². The van der Waals surface area contributed by atoms with Gasteiger partial charge in [0.25, 0.3) is 0 Å². The quantitative estimate of drug-likeness (QED) is 0.700. The lowest BCUT2D eigenvalue weighted by atomic mass is 10.1. The third kappa shape index (κ3) is 3.42. The van der Waals surface area contributed by atoms with E-state index in [9.17, 15) is 13.5 Å². The molecule has 2 saturated heterocycles. The topological polar surface area (TPSA) is 78.9 Å². The third-order valence-corrected chi connectivity index (χ3v) is 5.58. The van der Waals surface area contributed by atoms with E-state index in [1.807, 2.05) is 0 Å². The van der Waals surface area contributed by atoms with Crippen molar-refractivity contribution in [1.29, 1.82) is 0 Å². The maximum absolute atomic E-state index is 12.3. The number of hydrogen-bond acceptors (Lipinski definition) is 5. The summed E-state index contributed by atoms with van der Waals surface area (Å²) in [6.45, 7) is 1.76. The molecule has 2 fully saturated rings. The zero-order valence-corrected chi connectivity index (χ0v) is 11.4. The Kier molecular flexibility index (Phi) is 4.97. The van der Waals surface area contributed by atoms with Crippen molar-refractivity contribution in [3.8, 4) is 0 Å². The molecule has 2 rings (SSSR count). The first kappa shape index (κ1) is 14.2. The van der Waals surface area contributed by atoms with E-state index < -0.39 is 16.1 Å². The van der Waals surface area contributed by atoms with Crippen molar-refractivity contribution < 1.29 is 18.3 Å². The second-order valence-corrected chi connectivity index (χ2v) is 6.91. The van der Waals surface area contributed by atoms with Crippen LogP contribution in [0.5, 0.6) is 0 Å². The van der Waals surface area contributed by atoms with E-state index in [1.165, 1.54) is 4.31 Å². The van der Waals surface area contributed by atoms with Crippen LogP contribution in [0, 0.1) is 0 Å². The average molecular weight is 278 g/mol. The van der Waals surface area contributed by atoms with Gasteiger partial charge in [0.15, 0.2) is 0 Å². The molecule has 2 aliphatic heterocycles. The Morgan fingerprint density at radius 1 is 1.39 bits per heavy atom. The van der Waals surface area contributed by atoms with Gasteiger partial charge in [0.1, 0.15) is 0 Å². The first-order valence-electron chi connectivity index (χ1n) is 6.55. The molecular weight excluding hydrogens is 256 g/mol. The predicted molar refractivity (Wildman–Crippen MR) is 67.8 cm³/mol. The monoisotopic (exact) mass is 278 g/mol. The lowest BCUT2D eigenvalue weighted by Gasteiger charge is -2.35. The fraction of sp³-hybridized carbons (Fsp3) is 1.00. The van der Waals surface area contributed by atoms with Gasteiger partial charge in [0, 0.05) is 12.6 Å². The first-order valence-corrected chi connectivity index (χ1v) is 8.16. The average Bonchev–Trinajstić information content (AvgIpc) is 2.39. The van der Waals surface area contributed by atoms with Gasteiger partial charge in [-0.2, -0.15) is 4.31 Å². The summed E-state index contributed by atoms with van der Waals surface area (Å²) in [6.07, 6.45) is 3.11. The molecule has 106 valence electrons. The van der Waals surface area contributed by atoms with Crippen LogP contribution in [0.2, 0.25) is 0 Å². The largest absolute Gasteiger partial charge is 0.395 e. The second kappa shape index (κ2) is 6.29. The minimum atomic E-state index is -3.31. The maximum Gasteiger partial charge on any atom is 0.216 e. The normalized spacial score (nSPS) is 31.4. The summed E-state index contributed by atoms with van der Waals surface area (Å²) in [4.78, 5) is 0. The molecular formula is C11H22N2O4S. The van der Waals surface area contributed by atoms with E-state index in [4.69, 9.17) is 4.74 Å². The summed E-state index contributed by atoms with van der Waals surface area (Å²) >= 11 is 0. The number of nitrogens with one attached hydrogen (secondary N) is 1. The van der Waals surface area contributed by atoms with Gasteiger partial charge in [0.05, 0.1) is 31.6 Å². The van der Waals surface area contributed by atoms with Gasteiger partial charge in [-0.25, -0.2) is 8.42 Å². The number of hydrogen-bond donors (Lipinski definition) is 2. The molecule has 0 aliphatic carbocycles. The number of piperidine rings is 1. The summed E-state index contributed by atoms with van der Waals surface area (Å²) in [7, 11) is -3.31. The summed E-state index contributed by atoms with van der Waals surface area (Å²) in [5.74, 6) is 0.128. The van der Waals surface area contributed by atoms with Crippen LogP contribution in [0.1, 0.15) is 19.3 Å². The van der Waals surface area contributed by atoms with Gasteiger partial charge in [-0.05, 0) is 19.4 Å². The number of morpholine rings is 1. The molecule has 0 aromatic heterocycles. The Morgan fingerprint density at radius 3 is 2.89 bits per heavy atom. The molecule has 0 bridgehead atoms. The standard InChI is InChI=1S/C11H22N2O4S/c14-7-11-8-17-6-5-13(11)18(15,16)9-10-3-1-2-4-12-10/h10-12,14H,1-9H2. The molecule has 2 atom stereocenters. The fourth-order valence-electron chi connectivity index (χ4n) is 2.57. The van der Waals surface area contributed by atoms with Gasteiger partial charge in [-0.3, -0.25) is 0 Å². The van der Waals surface area contributed by atoms with Gasteiger partial charge in [-0.15, -0.1) is 0 Å². The SMILES string of the molecule is O=S(=O)(CC1CCCCN1)N1CCOCC1CO. The van der Waals surface area contributed by atoms with Crippen molar-refractivity contribution in [2.75, 3.05) is 38.7 Å². The van der Waals surface area contributed by atoms with Crippen LogP contribution in [-0.4, -0.2) is 68.6 Å². The number of aliphatic hydroxyl groups is 1. The maximum atomic E-state index is 12.3. The highest BCUT2D eigenvalue weighted by atomic mass is 32.2. The van der Waals surface area contributed by atoms with Crippen LogP contribution in [0.3, 0.4) is 0 Å². The summed E-state index contributed by atoms with van der Waals surface area (Å²) in [5, 5.41) is 12.5.